The molecule has 0 aliphatic heterocycles. The highest BCUT2D eigenvalue weighted by atomic mass is 16.5. The molecule has 2 aromatic rings. The van der Waals surface area contributed by atoms with Gasteiger partial charge in [0.1, 0.15) is 0 Å². The molecule has 4 nitrogen and oxygen atoms in total. The molecule has 1 N–H and O–H groups in total. The van der Waals surface area contributed by atoms with Crippen molar-refractivity contribution in [3.8, 4) is 0 Å². The molecule has 0 radical (unpaired) electrons. The standard InChI is InChI=1S/C14H17N3O/c1-2-18-11-12-5-3-4-6-14(12)17-10-13-9-15-7-8-16-13/h3-9,17H,2,10-11H2,1H3. The Labute approximate surface area is 107 Å². The lowest BCUT2D eigenvalue weighted by molar-refractivity contribution is 0.134. The summed E-state index contributed by atoms with van der Waals surface area (Å²) in [6.07, 6.45) is 5.13. The third kappa shape index (κ3) is 3.53. The number of hydrogen-bond acceptors (Lipinski definition) is 4. The first kappa shape index (κ1) is 12.5. The maximum Gasteiger partial charge on any atom is 0.0777 e. The monoisotopic (exact) mass is 243 g/mol. The lowest BCUT2D eigenvalue weighted by atomic mass is 10.2. The summed E-state index contributed by atoms with van der Waals surface area (Å²) in [5, 5.41) is 3.36. The fourth-order valence-corrected chi connectivity index (χ4v) is 1.64. The second-order valence-electron chi connectivity index (χ2n) is 3.84. The number of nitrogens with one attached hydrogen (secondary N) is 1. The number of nitrogens with zero attached hydrogens (tertiary/aromatic N) is 2. The van der Waals surface area contributed by atoms with Crippen LogP contribution in [0.25, 0.3) is 0 Å². The van der Waals surface area contributed by atoms with E-state index in [-0.39, 0.29) is 0 Å². The van der Waals surface area contributed by atoms with Crippen LogP contribution in [0.4, 0.5) is 5.69 Å². The van der Waals surface area contributed by atoms with Crippen molar-refractivity contribution in [2.45, 2.75) is 20.1 Å². The number of ether oxygens (including phenoxy) is 1. The molecule has 4 heteroatoms. The van der Waals surface area contributed by atoms with Gasteiger partial charge in [0.2, 0.25) is 0 Å². The first-order valence-corrected chi connectivity index (χ1v) is 6.04. The van der Waals surface area contributed by atoms with E-state index in [2.05, 4.69) is 21.4 Å². The molecule has 0 fully saturated rings. The predicted octanol–water partition coefficient (Wildman–Crippen LogP) is 2.63. The van der Waals surface area contributed by atoms with Gasteiger partial charge in [-0.3, -0.25) is 9.97 Å². The van der Waals surface area contributed by atoms with E-state index in [9.17, 15) is 0 Å². The van der Waals surface area contributed by atoms with Gasteiger partial charge < -0.3 is 10.1 Å². The molecule has 2 rings (SSSR count). The summed E-state index contributed by atoms with van der Waals surface area (Å²) in [4.78, 5) is 8.27. The second-order valence-corrected chi connectivity index (χ2v) is 3.84. The molecule has 18 heavy (non-hydrogen) atoms. The summed E-state index contributed by atoms with van der Waals surface area (Å²) < 4.78 is 5.44. The smallest absolute Gasteiger partial charge is 0.0777 e. The molecule has 0 spiro atoms. The average Bonchev–Trinajstić information content (AvgIpc) is 2.45. The van der Waals surface area contributed by atoms with Crippen molar-refractivity contribution in [3.05, 3.63) is 54.1 Å². The molecule has 0 saturated heterocycles. The highest BCUT2D eigenvalue weighted by molar-refractivity contribution is 5.50. The van der Waals surface area contributed by atoms with Crippen LogP contribution in [0, 0.1) is 0 Å². The van der Waals surface area contributed by atoms with Crippen molar-refractivity contribution in [3.63, 3.8) is 0 Å². The summed E-state index contributed by atoms with van der Waals surface area (Å²) >= 11 is 0. The molecule has 0 aliphatic carbocycles. The molecular formula is C14H17N3O. The summed E-state index contributed by atoms with van der Waals surface area (Å²) in [7, 11) is 0. The van der Waals surface area contributed by atoms with Crippen LogP contribution in [-0.4, -0.2) is 16.6 Å². The van der Waals surface area contributed by atoms with Gasteiger partial charge in [-0.1, -0.05) is 18.2 Å². The maximum atomic E-state index is 5.44. The van der Waals surface area contributed by atoms with Crippen molar-refractivity contribution < 1.29 is 4.74 Å². The van der Waals surface area contributed by atoms with Crippen LogP contribution in [0.5, 0.6) is 0 Å². The van der Waals surface area contributed by atoms with Crippen molar-refractivity contribution in [1.82, 2.24) is 9.97 Å². The highest BCUT2D eigenvalue weighted by Crippen LogP contribution is 2.16. The van der Waals surface area contributed by atoms with Gasteiger partial charge in [0, 0.05) is 30.3 Å². The molecule has 1 aromatic heterocycles. The molecule has 0 atom stereocenters. The Morgan fingerprint density at radius 3 is 2.89 bits per heavy atom. The third-order valence-electron chi connectivity index (χ3n) is 2.56. The minimum atomic E-state index is 0.625. The SMILES string of the molecule is CCOCc1ccccc1NCc1cnccn1. The number of rotatable bonds is 6. The van der Waals surface area contributed by atoms with Gasteiger partial charge in [0.25, 0.3) is 0 Å². The summed E-state index contributed by atoms with van der Waals surface area (Å²) in [6, 6.07) is 8.13. The molecule has 1 aromatic carbocycles. The Hall–Kier alpha value is -1.94. The topological polar surface area (TPSA) is 47.0 Å². The molecule has 0 aliphatic rings. The second kappa shape index (κ2) is 6.71. The highest BCUT2D eigenvalue weighted by Gasteiger charge is 2.01. The number of para-hydroxylation sites is 1. The van der Waals surface area contributed by atoms with Gasteiger partial charge in [0.05, 0.1) is 25.0 Å². The Balaban J connectivity index is 2.00. The van der Waals surface area contributed by atoms with Crippen LogP contribution in [0.15, 0.2) is 42.9 Å². The van der Waals surface area contributed by atoms with E-state index >= 15 is 0 Å². The van der Waals surface area contributed by atoms with E-state index in [1.54, 1.807) is 18.6 Å². The van der Waals surface area contributed by atoms with Crippen molar-refractivity contribution in [2.75, 3.05) is 11.9 Å². The van der Waals surface area contributed by atoms with E-state index in [1.165, 1.54) is 0 Å². The quantitative estimate of drug-likeness (QED) is 0.847. The zero-order valence-corrected chi connectivity index (χ0v) is 10.5. The lowest BCUT2D eigenvalue weighted by Gasteiger charge is -2.11. The van der Waals surface area contributed by atoms with Gasteiger partial charge in [-0.25, -0.2) is 0 Å². The van der Waals surface area contributed by atoms with Crippen LogP contribution in [0.1, 0.15) is 18.2 Å². The molecule has 0 unspecified atom stereocenters. The van der Waals surface area contributed by atoms with Gasteiger partial charge in [-0.15, -0.1) is 0 Å². The Morgan fingerprint density at radius 1 is 1.22 bits per heavy atom. The summed E-state index contributed by atoms with van der Waals surface area (Å²) in [5.41, 5.74) is 3.16. The fourth-order valence-electron chi connectivity index (χ4n) is 1.64. The summed E-state index contributed by atoms with van der Waals surface area (Å²) in [5.74, 6) is 0. The number of hydrogen-bond donors (Lipinski definition) is 1. The Kier molecular flexibility index (Phi) is 4.67. The molecule has 94 valence electrons. The number of anilines is 1. The first-order chi connectivity index (χ1) is 8.90. The third-order valence-corrected chi connectivity index (χ3v) is 2.56. The predicted molar refractivity (Wildman–Crippen MR) is 71.1 cm³/mol. The number of benzene rings is 1. The van der Waals surface area contributed by atoms with Gasteiger partial charge >= 0.3 is 0 Å². The average molecular weight is 243 g/mol. The summed E-state index contributed by atoms with van der Waals surface area (Å²) in [6.45, 7) is 4.01. The van der Waals surface area contributed by atoms with Gasteiger partial charge in [-0.2, -0.15) is 0 Å². The largest absolute Gasteiger partial charge is 0.379 e. The minimum absolute atomic E-state index is 0.625. The van der Waals surface area contributed by atoms with Crippen LogP contribution in [0.3, 0.4) is 0 Å². The lowest BCUT2D eigenvalue weighted by Crippen LogP contribution is -2.05. The molecule has 0 amide bonds. The van der Waals surface area contributed by atoms with E-state index in [1.807, 2.05) is 25.1 Å². The van der Waals surface area contributed by atoms with E-state index < -0.39 is 0 Å². The van der Waals surface area contributed by atoms with Crippen LogP contribution in [0.2, 0.25) is 0 Å². The molecule has 0 bridgehead atoms. The Morgan fingerprint density at radius 2 is 2.11 bits per heavy atom. The van der Waals surface area contributed by atoms with Crippen LogP contribution >= 0.6 is 0 Å². The fraction of sp³-hybridized carbons (Fsp3) is 0.286. The van der Waals surface area contributed by atoms with Crippen LogP contribution < -0.4 is 5.32 Å². The van der Waals surface area contributed by atoms with Gasteiger partial charge in [-0.05, 0) is 13.0 Å². The van der Waals surface area contributed by atoms with Crippen LogP contribution in [-0.2, 0) is 17.9 Å². The molecular weight excluding hydrogens is 226 g/mol. The van der Waals surface area contributed by atoms with Crippen molar-refractivity contribution in [2.24, 2.45) is 0 Å². The Bertz CT molecular complexity index is 473. The zero-order chi connectivity index (χ0) is 12.6. The first-order valence-electron chi connectivity index (χ1n) is 6.04. The zero-order valence-electron chi connectivity index (χ0n) is 10.5. The van der Waals surface area contributed by atoms with E-state index in [4.69, 9.17) is 4.74 Å². The van der Waals surface area contributed by atoms with Gasteiger partial charge in [0.15, 0.2) is 0 Å². The normalized spacial score (nSPS) is 10.3. The maximum absolute atomic E-state index is 5.44. The molecule has 0 saturated carbocycles. The van der Waals surface area contributed by atoms with Crippen molar-refractivity contribution >= 4 is 5.69 Å². The minimum Gasteiger partial charge on any atom is -0.379 e. The van der Waals surface area contributed by atoms with E-state index in [0.29, 0.717) is 13.2 Å². The van der Waals surface area contributed by atoms with Crippen molar-refractivity contribution in [1.29, 1.82) is 0 Å². The molecule has 1 heterocycles. The number of aromatic nitrogens is 2. The van der Waals surface area contributed by atoms with E-state index in [0.717, 1.165) is 23.6 Å².